The van der Waals surface area contributed by atoms with E-state index in [1.165, 1.54) is 0 Å². The van der Waals surface area contributed by atoms with E-state index in [4.69, 9.17) is 0 Å². The molecule has 2 aromatic rings. The molecule has 0 radical (unpaired) electrons. The molecule has 0 aliphatic rings. The molecule has 0 amide bonds. The lowest BCUT2D eigenvalue weighted by Gasteiger charge is -2.19. The van der Waals surface area contributed by atoms with Crippen molar-refractivity contribution in [3.63, 3.8) is 0 Å². The van der Waals surface area contributed by atoms with Crippen molar-refractivity contribution in [2.24, 2.45) is 0 Å². The fraction of sp³-hybridized carbons (Fsp3) is 0.529. The molecule has 1 N–H and O–H groups in total. The van der Waals surface area contributed by atoms with E-state index in [0.29, 0.717) is 0 Å². The van der Waals surface area contributed by atoms with Gasteiger partial charge in [-0.15, -0.1) is 0 Å². The molecule has 0 aliphatic heterocycles. The van der Waals surface area contributed by atoms with Gasteiger partial charge in [0, 0.05) is 28.4 Å². The van der Waals surface area contributed by atoms with Gasteiger partial charge in [0.1, 0.15) is 0 Å². The molecule has 4 heteroatoms. The molecule has 1 aromatic carbocycles. The zero-order valence-corrected chi connectivity index (χ0v) is 13.1. The number of nitro groups is 1. The minimum atomic E-state index is -0.556. The summed E-state index contributed by atoms with van der Waals surface area (Å²) in [6.45, 7) is 5.91. The van der Waals surface area contributed by atoms with Gasteiger partial charge in [-0.05, 0) is 25.0 Å². The van der Waals surface area contributed by atoms with Crippen molar-refractivity contribution in [2.45, 2.75) is 58.4 Å². The number of aromatic nitrogens is 1. The Hall–Kier alpha value is -1.84. The lowest BCUT2D eigenvalue weighted by molar-refractivity contribution is -0.522. The van der Waals surface area contributed by atoms with Crippen molar-refractivity contribution in [3.05, 3.63) is 45.6 Å². The van der Waals surface area contributed by atoms with E-state index in [0.717, 1.165) is 47.8 Å². The lowest BCUT2D eigenvalue weighted by Crippen LogP contribution is -2.24. The smallest absolute Gasteiger partial charge is 0.217 e. The Morgan fingerprint density at radius 3 is 2.67 bits per heavy atom. The number of benzene rings is 1. The molecule has 4 nitrogen and oxygen atoms in total. The summed E-state index contributed by atoms with van der Waals surface area (Å²) in [6, 6.07) is 7.53. The van der Waals surface area contributed by atoms with Crippen molar-refractivity contribution in [2.75, 3.05) is 0 Å². The normalized spacial score (nSPS) is 14.2. The van der Waals surface area contributed by atoms with Crippen LogP contribution in [0.5, 0.6) is 0 Å². The van der Waals surface area contributed by atoms with Crippen LogP contribution in [0.1, 0.15) is 56.7 Å². The average Bonchev–Trinajstić information content (AvgIpc) is 2.79. The maximum absolute atomic E-state index is 11.3. The highest BCUT2D eigenvalue weighted by Gasteiger charge is 2.31. The van der Waals surface area contributed by atoms with Gasteiger partial charge in [0.05, 0.1) is 5.92 Å². The molecule has 0 spiro atoms. The Bertz CT molecular complexity index is 618. The minimum Gasteiger partial charge on any atom is -0.358 e. The van der Waals surface area contributed by atoms with Gasteiger partial charge in [0.25, 0.3) is 0 Å². The van der Waals surface area contributed by atoms with Crippen LogP contribution in [-0.4, -0.2) is 15.9 Å². The zero-order valence-electron chi connectivity index (χ0n) is 13.1. The largest absolute Gasteiger partial charge is 0.358 e. The van der Waals surface area contributed by atoms with E-state index < -0.39 is 6.04 Å². The van der Waals surface area contributed by atoms with Gasteiger partial charge in [0.15, 0.2) is 0 Å². The molecule has 1 heterocycles. The van der Waals surface area contributed by atoms with Crippen molar-refractivity contribution < 1.29 is 4.92 Å². The molecule has 0 aliphatic carbocycles. The van der Waals surface area contributed by atoms with Crippen LogP contribution in [0.15, 0.2) is 24.3 Å². The molecule has 2 rings (SSSR count). The van der Waals surface area contributed by atoms with Crippen LogP contribution in [0.25, 0.3) is 10.9 Å². The van der Waals surface area contributed by atoms with E-state index in [1.807, 2.05) is 25.1 Å². The van der Waals surface area contributed by atoms with E-state index in [-0.39, 0.29) is 10.8 Å². The van der Waals surface area contributed by atoms with Gasteiger partial charge in [-0.1, -0.05) is 44.4 Å². The number of para-hydroxylation sites is 1. The second-order valence-electron chi connectivity index (χ2n) is 5.84. The highest BCUT2D eigenvalue weighted by Crippen LogP contribution is 2.35. The standard InChI is InChI=1S/C17H24N2O2/c1-4-5-6-9-14(13(3)19(20)21)17-12(2)18-16-11-8-7-10-15(16)17/h7-8,10-11,13-14,18H,4-6,9H2,1-3H3. The van der Waals surface area contributed by atoms with E-state index in [2.05, 4.69) is 18.0 Å². The van der Waals surface area contributed by atoms with Gasteiger partial charge in [-0.25, -0.2) is 0 Å². The molecule has 0 saturated carbocycles. The average molecular weight is 288 g/mol. The van der Waals surface area contributed by atoms with Crippen molar-refractivity contribution >= 4 is 10.9 Å². The zero-order chi connectivity index (χ0) is 15.4. The van der Waals surface area contributed by atoms with Crippen LogP contribution in [0.2, 0.25) is 0 Å². The topological polar surface area (TPSA) is 58.9 Å². The monoisotopic (exact) mass is 288 g/mol. The third-order valence-electron chi connectivity index (χ3n) is 4.35. The second-order valence-corrected chi connectivity index (χ2v) is 5.84. The van der Waals surface area contributed by atoms with E-state index >= 15 is 0 Å². The number of aryl methyl sites for hydroxylation is 1. The summed E-state index contributed by atoms with van der Waals surface area (Å²) in [5.74, 6) is -0.0253. The first-order chi connectivity index (χ1) is 10.1. The second kappa shape index (κ2) is 6.74. The van der Waals surface area contributed by atoms with Crippen LogP contribution >= 0.6 is 0 Å². The quantitative estimate of drug-likeness (QED) is 0.451. The summed E-state index contributed by atoms with van der Waals surface area (Å²) in [7, 11) is 0. The van der Waals surface area contributed by atoms with E-state index in [9.17, 15) is 10.1 Å². The van der Waals surface area contributed by atoms with Gasteiger partial charge < -0.3 is 4.98 Å². The fourth-order valence-corrected chi connectivity index (χ4v) is 3.16. The number of aromatic amines is 1. The molecule has 0 bridgehead atoms. The number of unbranched alkanes of at least 4 members (excludes halogenated alkanes) is 2. The first kappa shape index (κ1) is 15.5. The van der Waals surface area contributed by atoms with E-state index in [1.54, 1.807) is 6.92 Å². The third kappa shape index (κ3) is 3.26. The summed E-state index contributed by atoms with van der Waals surface area (Å²) in [6.07, 6.45) is 4.17. The van der Waals surface area contributed by atoms with Crippen LogP contribution < -0.4 is 0 Å². The van der Waals surface area contributed by atoms with Crippen molar-refractivity contribution in [3.8, 4) is 0 Å². The predicted octanol–water partition coefficient (Wildman–Crippen LogP) is 4.81. The van der Waals surface area contributed by atoms with Crippen LogP contribution in [-0.2, 0) is 0 Å². The van der Waals surface area contributed by atoms with Gasteiger partial charge in [0.2, 0.25) is 6.04 Å². The number of rotatable bonds is 7. The number of H-pyrrole nitrogens is 1. The highest BCUT2D eigenvalue weighted by atomic mass is 16.6. The first-order valence-electron chi connectivity index (χ1n) is 7.77. The maximum atomic E-state index is 11.3. The SMILES string of the molecule is CCCCCC(c1c(C)[nH]c2ccccc12)C(C)[N+](=O)[O-]. The van der Waals surface area contributed by atoms with Crippen LogP contribution in [0.4, 0.5) is 0 Å². The molecule has 114 valence electrons. The van der Waals surface area contributed by atoms with Gasteiger partial charge in [-0.3, -0.25) is 10.1 Å². The molecule has 1 aromatic heterocycles. The predicted molar refractivity (Wildman–Crippen MR) is 86.4 cm³/mol. The maximum Gasteiger partial charge on any atom is 0.217 e. The summed E-state index contributed by atoms with van der Waals surface area (Å²) >= 11 is 0. The molecular formula is C17H24N2O2. The fourth-order valence-electron chi connectivity index (χ4n) is 3.16. The summed E-state index contributed by atoms with van der Waals surface area (Å²) < 4.78 is 0. The van der Waals surface area contributed by atoms with Crippen molar-refractivity contribution in [1.29, 1.82) is 0 Å². The molecule has 0 saturated heterocycles. The number of fused-ring (bicyclic) bond motifs is 1. The molecule has 2 unspecified atom stereocenters. The number of nitrogens with one attached hydrogen (secondary N) is 1. The Kier molecular flexibility index (Phi) is 4.99. The minimum absolute atomic E-state index is 0.0253. The third-order valence-corrected chi connectivity index (χ3v) is 4.35. The molecule has 21 heavy (non-hydrogen) atoms. The van der Waals surface area contributed by atoms with Crippen LogP contribution in [0, 0.1) is 17.0 Å². The highest BCUT2D eigenvalue weighted by molar-refractivity contribution is 5.85. The van der Waals surface area contributed by atoms with Crippen LogP contribution in [0.3, 0.4) is 0 Å². The molecule has 2 atom stereocenters. The Labute approximate surface area is 125 Å². The first-order valence-corrected chi connectivity index (χ1v) is 7.77. The summed E-state index contributed by atoms with van der Waals surface area (Å²) in [5, 5.41) is 12.4. The Morgan fingerprint density at radius 2 is 2.00 bits per heavy atom. The van der Waals surface area contributed by atoms with Crippen molar-refractivity contribution in [1.82, 2.24) is 4.98 Å². The lowest BCUT2D eigenvalue weighted by atomic mass is 9.86. The van der Waals surface area contributed by atoms with Gasteiger partial charge >= 0.3 is 0 Å². The number of hydrogen-bond donors (Lipinski definition) is 1. The summed E-state index contributed by atoms with van der Waals surface area (Å²) in [5.41, 5.74) is 3.26. The summed E-state index contributed by atoms with van der Waals surface area (Å²) in [4.78, 5) is 14.5. The number of hydrogen-bond acceptors (Lipinski definition) is 2. The molecule has 0 fully saturated rings. The van der Waals surface area contributed by atoms with Gasteiger partial charge in [-0.2, -0.15) is 0 Å². The Morgan fingerprint density at radius 1 is 1.29 bits per heavy atom. The number of nitrogens with zero attached hydrogens (tertiary/aromatic N) is 1. The molecular weight excluding hydrogens is 264 g/mol. The Balaban J connectivity index is 2.42.